The van der Waals surface area contributed by atoms with Crippen LogP contribution in [0, 0.1) is 6.92 Å². The van der Waals surface area contributed by atoms with Crippen LogP contribution in [0.5, 0.6) is 5.75 Å². The molecule has 0 aliphatic heterocycles. The van der Waals surface area contributed by atoms with Crippen LogP contribution in [0.4, 0.5) is 0 Å². The van der Waals surface area contributed by atoms with Crippen molar-refractivity contribution in [2.45, 2.75) is 19.3 Å². The lowest BCUT2D eigenvalue weighted by Crippen LogP contribution is -2.16. The molecule has 0 aromatic heterocycles. The van der Waals surface area contributed by atoms with E-state index in [0.717, 1.165) is 5.56 Å². The van der Waals surface area contributed by atoms with Crippen LogP contribution in [0.1, 0.15) is 23.5 Å². The molecule has 5 heteroatoms. The van der Waals surface area contributed by atoms with E-state index in [4.69, 9.17) is 10.2 Å². The van der Waals surface area contributed by atoms with E-state index in [9.17, 15) is 14.7 Å². The van der Waals surface area contributed by atoms with E-state index in [2.05, 4.69) is 0 Å². The fourth-order valence-electron chi connectivity index (χ4n) is 1.45. The van der Waals surface area contributed by atoms with Gasteiger partial charge < -0.3 is 15.3 Å². The molecule has 1 unspecified atom stereocenters. The number of rotatable bonds is 4. The second-order valence-electron chi connectivity index (χ2n) is 3.55. The van der Waals surface area contributed by atoms with E-state index in [1.165, 1.54) is 12.1 Å². The summed E-state index contributed by atoms with van der Waals surface area (Å²) >= 11 is 0. The van der Waals surface area contributed by atoms with Gasteiger partial charge in [0.25, 0.3) is 0 Å². The first-order valence-corrected chi connectivity index (χ1v) is 4.66. The van der Waals surface area contributed by atoms with E-state index >= 15 is 0 Å². The Morgan fingerprint density at radius 2 is 1.94 bits per heavy atom. The average molecular weight is 224 g/mol. The Kier molecular flexibility index (Phi) is 3.50. The Bertz CT molecular complexity index is 424. The molecule has 0 aliphatic rings. The summed E-state index contributed by atoms with van der Waals surface area (Å²) in [7, 11) is 0. The van der Waals surface area contributed by atoms with Gasteiger partial charge in [-0.2, -0.15) is 0 Å². The minimum absolute atomic E-state index is 0.125. The summed E-state index contributed by atoms with van der Waals surface area (Å²) in [5.41, 5.74) is 0.904. The fraction of sp³-hybridized carbons (Fsp3) is 0.273. The SMILES string of the molecule is Cc1ccc(C(CC(=O)O)C(=O)O)c(O)c1. The molecule has 1 aromatic rings. The summed E-state index contributed by atoms with van der Waals surface area (Å²) in [5, 5.41) is 27.1. The van der Waals surface area contributed by atoms with Gasteiger partial charge in [-0.25, -0.2) is 0 Å². The van der Waals surface area contributed by atoms with Crippen molar-refractivity contribution in [3.05, 3.63) is 29.3 Å². The second-order valence-corrected chi connectivity index (χ2v) is 3.55. The Morgan fingerprint density at radius 3 is 2.38 bits per heavy atom. The zero-order chi connectivity index (χ0) is 12.3. The predicted molar refractivity (Wildman–Crippen MR) is 55.5 cm³/mol. The number of phenols is 1. The number of aromatic hydroxyl groups is 1. The lowest BCUT2D eigenvalue weighted by molar-refractivity contribution is -0.145. The van der Waals surface area contributed by atoms with Crippen LogP contribution in [0.25, 0.3) is 0 Å². The molecule has 0 fully saturated rings. The molecule has 0 radical (unpaired) electrons. The highest BCUT2D eigenvalue weighted by Gasteiger charge is 2.25. The molecule has 86 valence electrons. The van der Waals surface area contributed by atoms with E-state index in [0.29, 0.717) is 0 Å². The van der Waals surface area contributed by atoms with Crippen LogP contribution in [0.2, 0.25) is 0 Å². The van der Waals surface area contributed by atoms with Gasteiger partial charge in [0.1, 0.15) is 5.75 Å². The summed E-state index contributed by atoms with van der Waals surface area (Å²) in [6.45, 7) is 1.75. The number of aliphatic carboxylic acids is 2. The van der Waals surface area contributed by atoms with Gasteiger partial charge in [-0.15, -0.1) is 0 Å². The predicted octanol–water partition coefficient (Wildman–Crippen LogP) is 1.34. The van der Waals surface area contributed by atoms with Crippen LogP contribution >= 0.6 is 0 Å². The Labute approximate surface area is 92.0 Å². The van der Waals surface area contributed by atoms with Gasteiger partial charge in [-0.1, -0.05) is 12.1 Å². The maximum Gasteiger partial charge on any atom is 0.311 e. The third kappa shape index (κ3) is 2.73. The molecule has 3 N–H and O–H groups in total. The van der Waals surface area contributed by atoms with Gasteiger partial charge in [0.15, 0.2) is 0 Å². The van der Waals surface area contributed by atoms with E-state index < -0.39 is 24.3 Å². The van der Waals surface area contributed by atoms with Crippen molar-refractivity contribution in [2.24, 2.45) is 0 Å². The highest BCUT2D eigenvalue weighted by atomic mass is 16.4. The van der Waals surface area contributed by atoms with Crippen molar-refractivity contribution < 1.29 is 24.9 Å². The maximum absolute atomic E-state index is 10.9. The topological polar surface area (TPSA) is 94.8 Å². The molecular weight excluding hydrogens is 212 g/mol. The first kappa shape index (κ1) is 12.0. The molecule has 0 spiro atoms. The molecular formula is C11H12O5. The smallest absolute Gasteiger partial charge is 0.311 e. The summed E-state index contributed by atoms with van der Waals surface area (Å²) in [4.78, 5) is 21.4. The number of benzene rings is 1. The normalized spacial score (nSPS) is 12.1. The molecule has 0 bridgehead atoms. The Balaban J connectivity index is 3.10. The molecule has 1 rings (SSSR count). The van der Waals surface area contributed by atoms with Crippen molar-refractivity contribution in [1.29, 1.82) is 0 Å². The van der Waals surface area contributed by atoms with Crippen LogP contribution < -0.4 is 0 Å². The number of hydrogen-bond donors (Lipinski definition) is 3. The quantitative estimate of drug-likeness (QED) is 0.717. The number of carbonyl (C=O) groups is 2. The van der Waals surface area contributed by atoms with E-state index in [1.54, 1.807) is 13.0 Å². The number of aryl methyl sites for hydroxylation is 1. The van der Waals surface area contributed by atoms with Crippen molar-refractivity contribution in [2.75, 3.05) is 0 Å². The lowest BCUT2D eigenvalue weighted by atomic mass is 9.94. The summed E-state index contributed by atoms with van der Waals surface area (Å²) in [5.74, 6) is -3.89. The first-order chi connectivity index (χ1) is 7.41. The fourth-order valence-corrected chi connectivity index (χ4v) is 1.45. The largest absolute Gasteiger partial charge is 0.508 e. The second kappa shape index (κ2) is 4.65. The van der Waals surface area contributed by atoms with Gasteiger partial charge in [0.2, 0.25) is 0 Å². The van der Waals surface area contributed by atoms with Gasteiger partial charge in [-0.3, -0.25) is 9.59 Å². The highest BCUT2D eigenvalue weighted by molar-refractivity contribution is 5.83. The Hall–Kier alpha value is -2.04. The molecule has 1 aromatic carbocycles. The molecule has 0 heterocycles. The number of carboxylic acids is 2. The van der Waals surface area contributed by atoms with Crippen molar-refractivity contribution in [3.63, 3.8) is 0 Å². The lowest BCUT2D eigenvalue weighted by Gasteiger charge is -2.12. The monoisotopic (exact) mass is 224 g/mol. The minimum Gasteiger partial charge on any atom is -0.508 e. The number of carboxylic acid groups (broad SMARTS) is 2. The molecule has 1 atom stereocenters. The molecule has 0 saturated heterocycles. The first-order valence-electron chi connectivity index (χ1n) is 4.66. The zero-order valence-corrected chi connectivity index (χ0v) is 8.67. The molecule has 0 amide bonds. The molecule has 16 heavy (non-hydrogen) atoms. The van der Waals surface area contributed by atoms with Gasteiger partial charge >= 0.3 is 11.9 Å². The molecule has 0 aliphatic carbocycles. The minimum atomic E-state index is -1.26. The van der Waals surface area contributed by atoms with Gasteiger partial charge in [0, 0.05) is 5.56 Å². The van der Waals surface area contributed by atoms with E-state index in [1.807, 2.05) is 0 Å². The summed E-state index contributed by atoms with van der Waals surface area (Å²) < 4.78 is 0. The average Bonchev–Trinajstić information content (AvgIpc) is 2.14. The van der Waals surface area contributed by atoms with Gasteiger partial charge in [0.05, 0.1) is 12.3 Å². The van der Waals surface area contributed by atoms with Crippen molar-refractivity contribution in [1.82, 2.24) is 0 Å². The third-order valence-electron chi connectivity index (χ3n) is 2.24. The van der Waals surface area contributed by atoms with E-state index in [-0.39, 0.29) is 11.3 Å². The van der Waals surface area contributed by atoms with Crippen LogP contribution in [-0.2, 0) is 9.59 Å². The highest BCUT2D eigenvalue weighted by Crippen LogP contribution is 2.29. The Morgan fingerprint density at radius 1 is 1.31 bits per heavy atom. The summed E-state index contributed by atoms with van der Waals surface area (Å²) in [6, 6.07) is 4.48. The van der Waals surface area contributed by atoms with Gasteiger partial charge in [-0.05, 0) is 18.6 Å². The zero-order valence-electron chi connectivity index (χ0n) is 8.67. The summed E-state index contributed by atoms with van der Waals surface area (Å²) in [6.07, 6.45) is -0.550. The van der Waals surface area contributed by atoms with Crippen LogP contribution in [-0.4, -0.2) is 27.3 Å². The van der Waals surface area contributed by atoms with Crippen LogP contribution in [0.15, 0.2) is 18.2 Å². The standard InChI is InChI=1S/C11H12O5/c1-6-2-3-7(9(12)4-6)8(11(15)16)5-10(13)14/h2-4,8,12H,5H2,1H3,(H,13,14)(H,15,16). The molecule has 5 nitrogen and oxygen atoms in total. The number of phenolic OH excluding ortho intramolecular Hbond substituents is 1. The van der Waals surface area contributed by atoms with Crippen molar-refractivity contribution >= 4 is 11.9 Å². The van der Waals surface area contributed by atoms with Crippen molar-refractivity contribution in [3.8, 4) is 5.75 Å². The van der Waals surface area contributed by atoms with Crippen LogP contribution in [0.3, 0.4) is 0 Å². The third-order valence-corrected chi connectivity index (χ3v) is 2.24. The maximum atomic E-state index is 10.9. The molecule has 0 saturated carbocycles. The number of hydrogen-bond acceptors (Lipinski definition) is 3.